The van der Waals surface area contributed by atoms with Gasteiger partial charge >= 0.3 is 6.03 Å². The lowest BCUT2D eigenvalue weighted by atomic mass is 10.0. The maximum absolute atomic E-state index is 14.4. The monoisotopic (exact) mass is 481 g/mol. The standard InChI is InChI=1S/C22H20F5N5O2/c1-11-4-5-13(22(26,27)10-34-3)8-16(11)29-19-30-21(33)31(2)20-28-9-17(32(19)20)12-6-14(23)18(25)15(24)7-12/h4-8,17H,9-10H2,1-3H3,(H,29,30,33). The Morgan fingerprint density at radius 1 is 1.21 bits per heavy atom. The molecule has 0 bridgehead atoms. The molecule has 1 fully saturated rings. The van der Waals surface area contributed by atoms with Crippen molar-refractivity contribution in [1.82, 2.24) is 15.1 Å². The predicted octanol–water partition coefficient (Wildman–Crippen LogP) is 4.21. The summed E-state index contributed by atoms with van der Waals surface area (Å²) in [6.45, 7) is 0.805. The second-order valence-electron chi connectivity index (χ2n) is 7.89. The number of halogens is 5. The number of nitrogens with one attached hydrogen (secondary N) is 1. The fourth-order valence-electron chi connectivity index (χ4n) is 3.75. The first-order chi connectivity index (χ1) is 16.0. The normalized spacial score (nSPS) is 19.4. The summed E-state index contributed by atoms with van der Waals surface area (Å²) in [6, 6.07) is 4.13. The molecule has 1 saturated heterocycles. The van der Waals surface area contributed by atoms with Gasteiger partial charge in [0.05, 0.1) is 18.3 Å². The van der Waals surface area contributed by atoms with Crippen LogP contribution in [0.25, 0.3) is 0 Å². The molecule has 0 saturated carbocycles. The van der Waals surface area contributed by atoms with Crippen molar-refractivity contribution in [3.05, 3.63) is 64.5 Å². The number of rotatable bonds is 5. The van der Waals surface area contributed by atoms with Crippen LogP contribution < -0.4 is 5.32 Å². The fourth-order valence-corrected chi connectivity index (χ4v) is 3.75. The molecule has 12 heteroatoms. The quantitative estimate of drug-likeness (QED) is 0.514. The minimum atomic E-state index is -3.28. The van der Waals surface area contributed by atoms with Crippen LogP contribution in [-0.2, 0) is 10.7 Å². The lowest BCUT2D eigenvalue weighted by molar-refractivity contribution is -0.0697. The topological polar surface area (TPSA) is 69.5 Å². The zero-order chi connectivity index (χ0) is 24.8. The van der Waals surface area contributed by atoms with Gasteiger partial charge in [-0.2, -0.15) is 8.78 Å². The van der Waals surface area contributed by atoms with Gasteiger partial charge in [-0.05, 0) is 36.2 Å². The second-order valence-corrected chi connectivity index (χ2v) is 7.89. The van der Waals surface area contributed by atoms with E-state index < -0.39 is 42.1 Å². The summed E-state index contributed by atoms with van der Waals surface area (Å²) in [4.78, 5) is 23.7. The SMILES string of the molecule is COCC(F)(F)c1ccc(C)c(N=C2NC(=O)N(C)C3=NCC(c4cc(F)c(F)c(F)c4)N23)c1. The van der Waals surface area contributed by atoms with Gasteiger partial charge in [0, 0.05) is 19.7 Å². The Hall–Kier alpha value is -3.54. The van der Waals surface area contributed by atoms with Crippen LogP contribution in [0.2, 0.25) is 0 Å². The first kappa shape index (κ1) is 23.6. The number of aliphatic imine (C=N–C) groups is 2. The van der Waals surface area contributed by atoms with Crippen LogP contribution >= 0.6 is 0 Å². The van der Waals surface area contributed by atoms with E-state index in [-0.39, 0.29) is 35.3 Å². The van der Waals surface area contributed by atoms with E-state index in [2.05, 4.69) is 20.0 Å². The summed E-state index contributed by atoms with van der Waals surface area (Å²) in [5.41, 5.74) is 0.387. The average Bonchev–Trinajstić information content (AvgIpc) is 3.22. The molecule has 1 unspecified atom stereocenters. The van der Waals surface area contributed by atoms with Crippen LogP contribution in [0.5, 0.6) is 0 Å². The van der Waals surface area contributed by atoms with Crippen molar-refractivity contribution >= 4 is 23.6 Å². The number of ether oxygens (including phenoxy) is 1. The molecule has 1 N–H and O–H groups in total. The molecule has 34 heavy (non-hydrogen) atoms. The van der Waals surface area contributed by atoms with E-state index in [0.29, 0.717) is 5.56 Å². The van der Waals surface area contributed by atoms with E-state index in [4.69, 9.17) is 0 Å². The molecule has 7 nitrogen and oxygen atoms in total. The smallest absolute Gasteiger partial charge is 0.330 e. The molecule has 1 atom stereocenters. The number of hydrogen-bond acceptors (Lipinski definition) is 4. The number of methoxy groups -OCH3 is 1. The first-order valence-corrected chi connectivity index (χ1v) is 10.1. The summed E-state index contributed by atoms with van der Waals surface area (Å²) >= 11 is 0. The van der Waals surface area contributed by atoms with Gasteiger partial charge in [-0.3, -0.25) is 15.1 Å². The van der Waals surface area contributed by atoms with Gasteiger partial charge in [0.1, 0.15) is 6.61 Å². The van der Waals surface area contributed by atoms with E-state index in [1.54, 1.807) is 6.92 Å². The van der Waals surface area contributed by atoms with Crippen molar-refractivity contribution in [2.45, 2.75) is 18.9 Å². The Balaban J connectivity index is 1.79. The molecule has 180 valence electrons. The highest BCUT2D eigenvalue weighted by atomic mass is 19.3. The van der Waals surface area contributed by atoms with Crippen molar-refractivity contribution in [3.63, 3.8) is 0 Å². The zero-order valence-electron chi connectivity index (χ0n) is 18.4. The molecule has 2 aromatic rings. The number of guanidine groups is 2. The van der Waals surface area contributed by atoms with Gasteiger partial charge in [-0.15, -0.1) is 0 Å². The molecule has 0 radical (unpaired) electrons. The number of carbonyl (C=O) groups is 1. The Morgan fingerprint density at radius 2 is 1.88 bits per heavy atom. The fraction of sp³-hybridized carbons (Fsp3) is 0.318. The molecule has 2 amide bonds. The van der Waals surface area contributed by atoms with Gasteiger partial charge in [-0.1, -0.05) is 12.1 Å². The van der Waals surface area contributed by atoms with Gasteiger partial charge in [0.25, 0.3) is 5.92 Å². The highest BCUT2D eigenvalue weighted by Gasteiger charge is 2.42. The summed E-state index contributed by atoms with van der Waals surface area (Å²) in [6.07, 6.45) is 0. The first-order valence-electron chi connectivity index (χ1n) is 10.1. The number of benzene rings is 2. The number of nitrogens with zero attached hydrogens (tertiary/aromatic N) is 4. The molecule has 2 aliphatic heterocycles. The Kier molecular flexibility index (Phi) is 6.02. The van der Waals surface area contributed by atoms with Gasteiger partial charge < -0.3 is 4.74 Å². The van der Waals surface area contributed by atoms with Crippen LogP contribution in [0.3, 0.4) is 0 Å². The zero-order valence-corrected chi connectivity index (χ0v) is 18.4. The lowest BCUT2D eigenvalue weighted by Gasteiger charge is -2.36. The summed E-state index contributed by atoms with van der Waals surface area (Å²) in [7, 11) is 2.59. The van der Waals surface area contributed by atoms with E-state index in [1.807, 2.05) is 0 Å². The maximum Gasteiger partial charge on any atom is 0.330 e. The number of amides is 2. The van der Waals surface area contributed by atoms with E-state index in [0.717, 1.165) is 19.2 Å². The van der Waals surface area contributed by atoms with E-state index in [1.165, 1.54) is 35.0 Å². The molecule has 0 aromatic heterocycles. The molecule has 2 aliphatic rings. The number of aryl methyl sites for hydroxylation is 1. The summed E-state index contributed by atoms with van der Waals surface area (Å²) in [5, 5.41) is 2.55. The number of fused-ring (bicyclic) bond motifs is 1. The Morgan fingerprint density at radius 3 is 2.53 bits per heavy atom. The van der Waals surface area contributed by atoms with Crippen molar-refractivity contribution in [2.75, 3.05) is 27.3 Å². The maximum atomic E-state index is 14.4. The van der Waals surface area contributed by atoms with E-state index >= 15 is 0 Å². The third kappa shape index (κ3) is 4.09. The number of alkyl halides is 2. The van der Waals surface area contributed by atoms with Gasteiger partial charge in [-0.25, -0.2) is 28.0 Å². The lowest BCUT2D eigenvalue weighted by Crippen LogP contribution is -2.61. The number of urea groups is 1. The Labute approximate surface area is 191 Å². The van der Waals surface area contributed by atoms with Crippen molar-refractivity contribution in [2.24, 2.45) is 9.98 Å². The largest absolute Gasteiger partial charge is 0.378 e. The number of carbonyl (C=O) groups excluding carboxylic acids is 1. The molecule has 4 rings (SSSR count). The Bertz CT molecular complexity index is 1190. The van der Waals surface area contributed by atoms with Crippen LogP contribution in [0.15, 0.2) is 40.3 Å². The molecule has 0 aliphatic carbocycles. The van der Waals surface area contributed by atoms with Crippen LogP contribution in [0.4, 0.5) is 32.4 Å². The van der Waals surface area contributed by atoms with Crippen LogP contribution in [-0.4, -0.2) is 55.1 Å². The van der Waals surface area contributed by atoms with E-state index in [9.17, 15) is 26.7 Å². The van der Waals surface area contributed by atoms with Crippen LogP contribution in [0.1, 0.15) is 22.7 Å². The molecule has 2 aromatic carbocycles. The third-order valence-electron chi connectivity index (χ3n) is 5.56. The highest BCUT2D eigenvalue weighted by Crippen LogP contribution is 2.35. The van der Waals surface area contributed by atoms with Crippen LogP contribution in [0, 0.1) is 24.4 Å². The van der Waals surface area contributed by atoms with Crippen molar-refractivity contribution < 1.29 is 31.5 Å². The van der Waals surface area contributed by atoms with Gasteiger partial charge in [0.2, 0.25) is 11.9 Å². The highest BCUT2D eigenvalue weighted by molar-refractivity contribution is 6.16. The predicted molar refractivity (Wildman–Crippen MR) is 114 cm³/mol. The molecular formula is C22H20F5N5O2. The number of hydrogen-bond donors (Lipinski definition) is 1. The summed E-state index contributed by atoms with van der Waals surface area (Å²) < 4.78 is 74.7. The van der Waals surface area contributed by atoms with Crippen molar-refractivity contribution in [1.29, 1.82) is 0 Å². The van der Waals surface area contributed by atoms with Crippen molar-refractivity contribution in [3.8, 4) is 0 Å². The van der Waals surface area contributed by atoms with Gasteiger partial charge in [0.15, 0.2) is 17.5 Å². The average molecular weight is 481 g/mol. The second kappa shape index (κ2) is 8.67. The minimum Gasteiger partial charge on any atom is -0.378 e. The molecule has 0 spiro atoms. The summed E-state index contributed by atoms with van der Waals surface area (Å²) in [5.74, 6) is -7.58. The minimum absolute atomic E-state index is 0.0108. The third-order valence-corrected chi connectivity index (χ3v) is 5.56. The molecular weight excluding hydrogens is 461 g/mol. The molecule has 2 heterocycles.